The molecule has 5 rings (SSSR count). The first kappa shape index (κ1) is 26.1. The molecule has 202 valence electrons. The van der Waals surface area contributed by atoms with Gasteiger partial charge in [0.25, 0.3) is 11.8 Å². The van der Waals surface area contributed by atoms with Gasteiger partial charge in [-0.3, -0.25) is 14.4 Å². The van der Waals surface area contributed by atoms with E-state index < -0.39 is 23.6 Å². The third kappa shape index (κ3) is 5.48. The van der Waals surface area contributed by atoms with Gasteiger partial charge in [-0.1, -0.05) is 0 Å². The highest BCUT2D eigenvalue weighted by Gasteiger charge is 2.39. The van der Waals surface area contributed by atoms with Gasteiger partial charge in [-0.25, -0.2) is 8.78 Å². The van der Waals surface area contributed by atoms with Crippen LogP contribution in [0.2, 0.25) is 0 Å². The Morgan fingerprint density at radius 2 is 1.84 bits per heavy atom. The fourth-order valence-electron chi connectivity index (χ4n) is 5.08. The average molecular weight is 530 g/mol. The van der Waals surface area contributed by atoms with Crippen LogP contribution in [0.1, 0.15) is 40.0 Å². The molecule has 0 unspecified atom stereocenters. The number of benzene rings is 2. The minimum absolute atomic E-state index is 0.0382. The Bertz CT molecular complexity index is 1240. The summed E-state index contributed by atoms with van der Waals surface area (Å²) in [5, 5.41) is 2.61. The van der Waals surface area contributed by atoms with Crippen molar-refractivity contribution in [2.75, 3.05) is 45.3 Å². The quantitative estimate of drug-likeness (QED) is 0.655. The maximum Gasteiger partial charge on any atom is 0.257 e. The molecule has 2 aromatic carbocycles. The molecule has 11 heteroatoms. The van der Waals surface area contributed by atoms with Gasteiger partial charge in [0.1, 0.15) is 18.5 Å². The van der Waals surface area contributed by atoms with Crippen molar-refractivity contribution in [2.45, 2.75) is 37.5 Å². The highest BCUT2D eigenvalue weighted by molar-refractivity contribution is 6.05. The van der Waals surface area contributed by atoms with Crippen LogP contribution < -0.4 is 10.1 Å². The number of carbonyl (C=O) groups is 3. The van der Waals surface area contributed by atoms with E-state index in [2.05, 4.69) is 5.32 Å². The zero-order valence-corrected chi connectivity index (χ0v) is 21.0. The van der Waals surface area contributed by atoms with Crippen molar-refractivity contribution >= 4 is 23.4 Å². The van der Waals surface area contributed by atoms with Gasteiger partial charge in [0.2, 0.25) is 5.91 Å². The van der Waals surface area contributed by atoms with Crippen LogP contribution in [0, 0.1) is 11.6 Å². The van der Waals surface area contributed by atoms with Crippen LogP contribution in [-0.4, -0.2) is 85.7 Å². The number of halogens is 2. The Labute approximate surface area is 218 Å². The molecule has 2 fully saturated rings. The molecule has 0 spiro atoms. The van der Waals surface area contributed by atoms with Crippen LogP contribution in [0.15, 0.2) is 36.4 Å². The second-order valence-electron chi connectivity index (χ2n) is 9.66. The predicted octanol–water partition coefficient (Wildman–Crippen LogP) is 2.85. The molecular formula is C27H29F2N3O6. The maximum atomic E-state index is 13.5. The van der Waals surface area contributed by atoms with Crippen LogP contribution in [-0.2, 0) is 14.3 Å². The van der Waals surface area contributed by atoms with Gasteiger partial charge in [0.05, 0.1) is 37.3 Å². The Morgan fingerprint density at radius 1 is 1.05 bits per heavy atom. The Hall–Kier alpha value is -3.57. The zero-order valence-electron chi connectivity index (χ0n) is 21.0. The minimum atomic E-state index is -1.13. The van der Waals surface area contributed by atoms with Crippen LogP contribution in [0.25, 0.3) is 0 Å². The number of hydrogen-bond donors (Lipinski definition) is 1. The number of nitrogens with one attached hydrogen (secondary N) is 1. The number of hydrogen-bond acceptors (Lipinski definition) is 6. The predicted molar refractivity (Wildman–Crippen MR) is 132 cm³/mol. The number of rotatable bonds is 4. The maximum absolute atomic E-state index is 13.5. The fraction of sp³-hybridized carbons (Fsp3) is 0.444. The second kappa shape index (κ2) is 11.0. The molecular weight excluding hydrogens is 500 g/mol. The summed E-state index contributed by atoms with van der Waals surface area (Å²) in [6.07, 6.45) is 0.900. The van der Waals surface area contributed by atoms with E-state index in [-0.39, 0.29) is 48.1 Å². The summed E-state index contributed by atoms with van der Waals surface area (Å²) in [4.78, 5) is 42.0. The second-order valence-corrected chi connectivity index (χ2v) is 9.66. The van der Waals surface area contributed by atoms with Crippen LogP contribution in [0.4, 0.5) is 14.5 Å². The first-order valence-corrected chi connectivity index (χ1v) is 12.6. The molecule has 2 saturated heterocycles. The van der Waals surface area contributed by atoms with E-state index in [1.54, 1.807) is 29.0 Å². The molecule has 0 radical (unpaired) electrons. The van der Waals surface area contributed by atoms with E-state index in [1.165, 1.54) is 12.1 Å². The number of anilines is 1. The zero-order chi connectivity index (χ0) is 26.8. The summed E-state index contributed by atoms with van der Waals surface area (Å²) in [5.74, 6) is -2.75. The van der Waals surface area contributed by atoms with E-state index in [9.17, 15) is 23.2 Å². The van der Waals surface area contributed by atoms with Gasteiger partial charge in [-0.15, -0.1) is 0 Å². The molecule has 3 heterocycles. The first-order valence-electron chi connectivity index (χ1n) is 12.6. The van der Waals surface area contributed by atoms with Gasteiger partial charge in [-0.2, -0.15) is 0 Å². The lowest BCUT2D eigenvalue weighted by Gasteiger charge is -2.42. The summed E-state index contributed by atoms with van der Waals surface area (Å²) >= 11 is 0. The van der Waals surface area contributed by atoms with Crippen molar-refractivity contribution in [1.82, 2.24) is 9.80 Å². The monoisotopic (exact) mass is 529 g/mol. The summed E-state index contributed by atoms with van der Waals surface area (Å²) < 4.78 is 44.3. The molecule has 0 bridgehead atoms. The molecule has 0 saturated carbocycles. The van der Waals surface area contributed by atoms with Gasteiger partial charge < -0.3 is 29.3 Å². The molecule has 3 atom stereocenters. The Kier molecular flexibility index (Phi) is 7.57. The lowest BCUT2D eigenvalue weighted by atomic mass is 9.94. The van der Waals surface area contributed by atoms with Crippen LogP contribution in [0.5, 0.6) is 5.75 Å². The fourth-order valence-corrected chi connectivity index (χ4v) is 5.08. The standard InChI is InChI=1S/C27H29F2N3O6/c1-31-22-6-4-18(14-25(33)32-8-10-36-11-9-32)38-24(22)15-37-23-7-3-17(13-19(23)27(31)35)30-26(34)16-2-5-20(28)21(29)12-16/h2-3,5,7,12-13,18,22,24H,4,6,8-11,14-15H2,1H3,(H,30,34)/t18-,22+,24-/m1/s1. The van der Waals surface area contributed by atoms with Gasteiger partial charge in [0.15, 0.2) is 11.6 Å². The lowest BCUT2D eigenvalue weighted by Crippen LogP contribution is -2.54. The topological polar surface area (TPSA) is 97.4 Å². The van der Waals surface area contributed by atoms with Crippen LogP contribution in [0.3, 0.4) is 0 Å². The van der Waals surface area contributed by atoms with E-state index in [0.29, 0.717) is 50.6 Å². The highest BCUT2D eigenvalue weighted by atomic mass is 19.2. The van der Waals surface area contributed by atoms with E-state index in [4.69, 9.17) is 14.2 Å². The molecule has 1 N–H and O–H groups in total. The molecule has 9 nitrogen and oxygen atoms in total. The number of ether oxygens (including phenoxy) is 3. The van der Waals surface area contributed by atoms with Crippen molar-refractivity contribution in [3.05, 3.63) is 59.2 Å². The number of carbonyl (C=O) groups excluding carboxylic acids is 3. The van der Waals surface area contributed by atoms with Crippen molar-refractivity contribution in [3.63, 3.8) is 0 Å². The number of morpholine rings is 1. The summed E-state index contributed by atoms with van der Waals surface area (Å²) in [5.41, 5.74) is 0.514. The lowest BCUT2D eigenvalue weighted by molar-refractivity contribution is -0.146. The molecule has 0 aromatic heterocycles. The van der Waals surface area contributed by atoms with E-state index >= 15 is 0 Å². The average Bonchev–Trinajstić information content (AvgIpc) is 2.93. The van der Waals surface area contributed by atoms with Crippen molar-refractivity contribution in [2.24, 2.45) is 0 Å². The third-order valence-electron chi connectivity index (χ3n) is 7.22. The summed E-state index contributed by atoms with van der Waals surface area (Å²) in [7, 11) is 1.70. The molecule has 3 amide bonds. The number of nitrogens with zero attached hydrogens (tertiary/aromatic N) is 2. The van der Waals surface area contributed by atoms with Gasteiger partial charge in [-0.05, 0) is 49.2 Å². The molecule has 3 aliphatic heterocycles. The summed E-state index contributed by atoms with van der Waals surface area (Å²) in [6, 6.07) is 7.26. The van der Waals surface area contributed by atoms with E-state index in [0.717, 1.165) is 12.1 Å². The van der Waals surface area contributed by atoms with Crippen molar-refractivity contribution < 1.29 is 37.4 Å². The number of likely N-dealkylation sites (N-methyl/N-ethyl adjacent to an activating group) is 1. The highest BCUT2D eigenvalue weighted by Crippen LogP contribution is 2.33. The number of amides is 3. The Balaban J connectivity index is 1.27. The van der Waals surface area contributed by atoms with Gasteiger partial charge in [0, 0.05) is 31.4 Å². The Morgan fingerprint density at radius 3 is 2.61 bits per heavy atom. The SMILES string of the molecule is CN1C(=O)c2cc(NC(=O)c3ccc(F)c(F)c3)ccc2OC[C@H]2O[C@@H](CC(=O)N3CCOCC3)CC[C@@H]21. The largest absolute Gasteiger partial charge is 0.490 e. The molecule has 3 aliphatic rings. The first-order chi connectivity index (χ1) is 18.3. The normalized spacial score (nSPS) is 23.4. The third-order valence-corrected chi connectivity index (χ3v) is 7.22. The van der Waals surface area contributed by atoms with Crippen LogP contribution >= 0.6 is 0 Å². The molecule has 38 heavy (non-hydrogen) atoms. The van der Waals surface area contributed by atoms with E-state index in [1.807, 2.05) is 0 Å². The smallest absolute Gasteiger partial charge is 0.257 e. The van der Waals surface area contributed by atoms with Crippen molar-refractivity contribution in [1.29, 1.82) is 0 Å². The van der Waals surface area contributed by atoms with Crippen molar-refractivity contribution in [3.8, 4) is 5.75 Å². The number of fused-ring (bicyclic) bond motifs is 2. The minimum Gasteiger partial charge on any atom is -0.490 e. The summed E-state index contributed by atoms with van der Waals surface area (Å²) in [6.45, 7) is 2.44. The molecule has 0 aliphatic carbocycles. The van der Waals surface area contributed by atoms with Gasteiger partial charge >= 0.3 is 0 Å². The molecule has 2 aromatic rings.